The average Bonchev–Trinajstić information content (AvgIpc) is 3.08. The number of rotatable bonds is 9. The summed E-state index contributed by atoms with van der Waals surface area (Å²) in [7, 11) is 6.05. The zero-order valence-corrected chi connectivity index (χ0v) is 28.1. The molecule has 2 bridgehead atoms. The summed E-state index contributed by atoms with van der Waals surface area (Å²) in [6.45, 7) is 1.98. The number of piperidine rings is 1. The minimum atomic E-state index is -0.396. The van der Waals surface area contributed by atoms with E-state index < -0.39 is 5.91 Å². The molecule has 0 unspecified atom stereocenters. The lowest BCUT2D eigenvalue weighted by atomic mass is 9.83. The number of pyridine rings is 1. The number of ether oxygens (including phenoxy) is 4. The number of carbonyl (C=O) groups is 2. The van der Waals surface area contributed by atoms with E-state index in [2.05, 4.69) is 31.5 Å². The van der Waals surface area contributed by atoms with Gasteiger partial charge < -0.3 is 39.0 Å². The van der Waals surface area contributed by atoms with Crippen molar-refractivity contribution in [1.29, 1.82) is 0 Å². The maximum Gasteiger partial charge on any atom is 0.257 e. The van der Waals surface area contributed by atoms with Crippen LogP contribution >= 0.6 is 15.9 Å². The van der Waals surface area contributed by atoms with Crippen molar-refractivity contribution in [2.75, 3.05) is 57.1 Å². The lowest BCUT2D eigenvalue weighted by molar-refractivity contribution is 0.101. The molecular weight excluding hydrogens is 668 g/mol. The fraction of sp³-hybridized carbons (Fsp3) is 0.286. The number of hydrogen-bond acceptors (Lipinski definition) is 8. The van der Waals surface area contributed by atoms with Gasteiger partial charge in [-0.2, -0.15) is 0 Å². The molecule has 6 rings (SSSR count). The van der Waals surface area contributed by atoms with Gasteiger partial charge in [0.05, 0.1) is 45.4 Å². The molecule has 1 saturated heterocycles. The monoisotopic (exact) mass is 702 g/mol. The number of hydrogen-bond donors (Lipinski definition) is 2. The topological polar surface area (TPSA) is 120 Å². The van der Waals surface area contributed by atoms with E-state index >= 15 is 0 Å². The fourth-order valence-electron chi connectivity index (χ4n) is 6.50. The van der Waals surface area contributed by atoms with Gasteiger partial charge in [0, 0.05) is 65.2 Å². The van der Waals surface area contributed by atoms with Gasteiger partial charge in [-0.05, 0) is 70.7 Å². The minimum absolute atomic E-state index is 0.0185. The molecule has 2 amide bonds. The number of fused-ring (bicyclic) bond motifs is 4. The van der Waals surface area contributed by atoms with E-state index in [9.17, 15) is 14.4 Å². The summed E-state index contributed by atoms with van der Waals surface area (Å²) >= 11 is 3.48. The summed E-state index contributed by atoms with van der Waals surface area (Å²) in [4.78, 5) is 42.2. The molecule has 4 aromatic rings. The smallest absolute Gasteiger partial charge is 0.257 e. The van der Waals surface area contributed by atoms with E-state index in [1.165, 1.54) is 21.3 Å². The molecule has 47 heavy (non-hydrogen) atoms. The van der Waals surface area contributed by atoms with Crippen molar-refractivity contribution in [3.8, 4) is 23.0 Å². The highest BCUT2D eigenvalue weighted by atomic mass is 79.9. The molecule has 2 aliphatic heterocycles. The van der Waals surface area contributed by atoms with Crippen LogP contribution in [0.2, 0.25) is 0 Å². The van der Waals surface area contributed by atoms with Gasteiger partial charge in [-0.1, -0.05) is 6.07 Å². The highest BCUT2D eigenvalue weighted by Gasteiger charge is 2.35. The summed E-state index contributed by atoms with van der Waals surface area (Å²) in [6, 6.07) is 19.2. The van der Waals surface area contributed by atoms with Crippen LogP contribution in [-0.2, 0) is 6.54 Å². The van der Waals surface area contributed by atoms with Gasteiger partial charge >= 0.3 is 0 Å². The van der Waals surface area contributed by atoms with Crippen LogP contribution in [0.15, 0.2) is 76.0 Å². The Hall–Kier alpha value is -4.97. The number of amides is 2. The Morgan fingerprint density at radius 2 is 1.57 bits per heavy atom. The van der Waals surface area contributed by atoms with Gasteiger partial charge in [0.2, 0.25) is 5.75 Å². The molecule has 0 radical (unpaired) electrons. The molecule has 3 aromatic carbocycles. The molecule has 244 valence electrons. The first-order chi connectivity index (χ1) is 22.7. The maximum atomic E-state index is 13.7. The standard InChI is InChI=1S/C35H35BrN4O7/c1-44-24-9-10-26(36)25(16-24)35(43)38-27-13-21(34(42)37-23-14-30(45-2)33(47-4)31(15-23)46-3)8-11-29(27)39-17-20-12-22(19-39)28-6-5-7-32(41)40(28)18-20/h5-11,13-16,20,22H,12,17-19H2,1-4H3,(H,37,42)(H,38,43)/t20-,22+/m1/s1. The number of methoxy groups -OCH3 is 4. The van der Waals surface area contributed by atoms with Crippen molar-refractivity contribution in [2.45, 2.75) is 18.9 Å². The Labute approximate surface area is 280 Å². The first-order valence-corrected chi connectivity index (χ1v) is 15.9. The van der Waals surface area contributed by atoms with Gasteiger partial charge in [0.15, 0.2) is 11.5 Å². The normalized spacial score (nSPS) is 16.5. The van der Waals surface area contributed by atoms with Crippen LogP contribution in [0.5, 0.6) is 23.0 Å². The Morgan fingerprint density at radius 1 is 0.809 bits per heavy atom. The first kappa shape index (κ1) is 32.0. The third kappa shape index (κ3) is 6.37. The van der Waals surface area contributed by atoms with Crippen LogP contribution < -0.4 is 40.0 Å². The minimum Gasteiger partial charge on any atom is -0.497 e. The van der Waals surface area contributed by atoms with E-state index in [-0.39, 0.29) is 23.3 Å². The van der Waals surface area contributed by atoms with Gasteiger partial charge in [-0.15, -0.1) is 0 Å². The summed E-state index contributed by atoms with van der Waals surface area (Å²) in [6.07, 6.45) is 0.980. The van der Waals surface area contributed by atoms with Crippen LogP contribution in [0.25, 0.3) is 0 Å². The zero-order valence-electron chi connectivity index (χ0n) is 26.5. The second kappa shape index (κ2) is 13.4. The molecule has 0 saturated carbocycles. The molecule has 2 aliphatic rings. The van der Waals surface area contributed by atoms with E-state index in [0.29, 0.717) is 69.6 Å². The number of aromatic nitrogens is 1. The van der Waals surface area contributed by atoms with Crippen molar-refractivity contribution < 1.29 is 28.5 Å². The highest BCUT2D eigenvalue weighted by molar-refractivity contribution is 9.10. The lowest BCUT2D eigenvalue weighted by Gasteiger charge is -2.44. The Bertz CT molecular complexity index is 1880. The van der Waals surface area contributed by atoms with Crippen LogP contribution in [0.1, 0.15) is 38.7 Å². The lowest BCUT2D eigenvalue weighted by Crippen LogP contribution is -2.47. The summed E-state index contributed by atoms with van der Waals surface area (Å²) in [5.74, 6) is 1.37. The molecular formula is C35H35BrN4O7. The Balaban J connectivity index is 1.35. The molecule has 1 fully saturated rings. The van der Waals surface area contributed by atoms with E-state index in [1.807, 2.05) is 22.8 Å². The predicted molar refractivity (Wildman–Crippen MR) is 183 cm³/mol. The number of nitrogens with one attached hydrogen (secondary N) is 2. The summed E-state index contributed by atoms with van der Waals surface area (Å²) < 4.78 is 24.1. The van der Waals surface area contributed by atoms with Crippen molar-refractivity contribution >= 4 is 44.8 Å². The molecule has 2 N–H and O–H groups in total. The molecule has 2 atom stereocenters. The average molecular weight is 704 g/mol. The number of nitrogens with zero attached hydrogens (tertiary/aromatic N) is 2. The molecule has 0 spiro atoms. The first-order valence-electron chi connectivity index (χ1n) is 15.1. The van der Waals surface area contributed by atoms with Gasteiger partial charge in [-0.25, -0.2) is 0 Å². The Kier molecular flexibility index (Phi) is 9.12. The van der Waals surface area contributed by atoms with Crippen LogP contribution in [-0.4, -0.2) is 57.9 Å². The third-order valence-electron chi connectivity index (χ3n) is 8.67. The van der Waals surface area contributed by atoms with E-state index in [4.69, 9.17) is 18.9 Å². The molecule has 1 aromatic heterocycles. The van der Waals surface area contributed by atoms with E-state index in [0.717, 1.165) is 17.8 Å². The number of benzene rings is 3. The van der Waals surface area contributed by atoms with Gasteiger partial charge in [-0.3, -0.25) is 14.4 Å². The van der Waals surface area contributed by atoms with Crippen LogP contribution in [0.4, 0.5) is 17.1 Å². The second-order valence-electron chi connectivity index (χ2n) is 11.5. The Morgan fingerprint density at radius 3 is 2.28 bits per heavy atom. The van der Waals surface area contributed by atoms with Crippen LogP contribution in [0.3, 0.4) is 0 Å². The molecule has 12 heteroatoms. The number of anilines is 3. The van der Waals surface area contributed by atoms with Crippen molar-refractivity contribution in [3.05, 3.63) is 98.4 Å². The highest BCUT2D eigenvalue weighted by Crippen LogP contribution is 2.41. The molecule has 0 aliphatic carbocycles. The second-order valence-corrected chi connectivity index (χ2v) is 12.4. The van der Waals surface area contributed by atoms with E-state index in [1.54, 1.807) is 55.6 Å². The zero-order chi connectivity index (χ0) is 33.2. The molecule has 11 nitrogen and oxygen atoms in total. The summed E-state index contributed by atoms with van der Waals surface area (Å²) in [5, 5.41) is 5.97. The van der Waals surface area contributed by atoms with Crippen molar-refractivity contribution in [1.82, 2.24) is 4.57 Å². The third-order valence-corrected chi connectivity index (χ3v) is 9.36. The summed E-state index contributed by atoms with van der Waals surface area (Å²) in [5.41, 5.74) is 3.45. The number of halogens is 1. The fourth-order valence-corrected chi connectivity index (χ4v) is 6.92. The quantitative estimate of drug-likeness (QED) is 0.226. The van der Waals surface area contributed by atoms with Crippen LogP contribution in [0, 0.1) is 5.92 Å². The number of carbonyl (C=O) groups excluding carboxylic acids is 2. The van der Waals surface area contributed by atoms with Crippen molar-refractivity contribution in [2.24, 2.45) is 5.92 Å². The van der Waals surface area contributed by atoms with Gasteiger partial charge in [0.25, 0.3) is 17.4 Å². The predicted octanol–water partition coefficient (Wildman–Crippen LogP) is 5.77. The van der Waals surface area contributed by atoms with Crippen molar-refractivity contribution in [3.63, 3.8) is 0 Å². The largest absolute Gasteiger partial charge is 0.497 e. The van der Waals surface area contributed by atoms with Gasteiger partial charge in [0.1, 0.15) is 5.75 Å². The maximum absolute atomic E-state index is 13.7. The molecule has 3 heterocycles. The SMILES string of the molecule is COc1ccc(Br)c(C(=O)Nc2cc(C(=O)Nc3cc(OC)c(OC)c(OC)c3)ccc2N2C[C@H]3C[C@@H](C2)c2cccc(=O)n2C3)c1.